The number of pyridine rings is 2. The fraction of sp³-hybridized carbons (Fsp3) is 0.333. The van der Waals surface area contributed by atoms with Crippen molar-refractivity contribution in [1.29, 1.82) is 0 Å². The molecule has 0 aromatic carbocycles. The molecule has 1 aliphatic rings. The minimum absolute atomic E-state index is 0.0392. The van der Waals surface area contributed by atoms with Crippen LogP contribution in [-0.4, -0.2) is 45.6 Å². The van der Waals surface area contributed by atoms with Gasteiger partial charge in [-0.3, -0.25) is 9.78 Å². The molecule has 4 heterocycles. The standard InChI is InChI=1S/C21H22N4O3/c1-13-7-8-16(11-22-13)21(26)25-9-10-27-19(12-25)17-5-4-6-18(23-17)20-14(2)24-28-15(20)3/h4-8,11,19H,9-10,12H2,1-3H3/t19-/m1/s1. The molecule has 28 heavy (non-hydrogen) atoms. The quantitative estimate of drug-likeness (QED) is 0.696. The number of rotatable bonds is 3. The van der Waals surface area contributed by atoms with Crippen molar-refractivity contribution in [1.82, 2.24) is 20.0 Å². The number of nitrogens with zero attached hydrogens (tertiary/aromatic N) is 4. The van der Waals surface area contributed by atoms with E-state index in [0.717, 1.165) is 34.1 Å². The van der Waals surface area contributed by atoms with Crippen LogP contribution in [0.2, 0.25) is 0 Å². The Labute approximate surface area is 163 Å². The molecule has 0 bridgehead atoms. The minimum Gasteiger partial charge on any atom is -0.368 e. The summed E-state index contributed by atoms with van der Waals surface area (Å²) in [6.07, 6.45) is 1.34. The van der Waals surface area contributed by atoms with E-state index < -0.39 is 0 Å². The summed E-state index contributed by atoms with van der Waals surface area (Å²) < 4.78 is 11.2. The summed E-state index contributed by atoms with van der Waals surface area (Å²) in [5.41, 5.74) is 4.76. The molecule has 3 aromatic heterocycles. The second-order valence-electron chi connectivity index (χ2n) is 6.95. The van der Waals surface area contributed by atoms with Gasteiger partial charge in [0.05, 0.1) is 41.4 Å². The van der Waals surface area contributed by atoms with Crippen molar-refractivity contribution in [3.8, 4) is 11.3 Å². The highest BCUT2D eigenvalue weighted by molar-refractivity contribution is 5.94. The zero-order valence-corrected chi connectivity index (χ0v) is 16.2. The van der Waals surface area contributed by atoms with Crippen LogP contribution in [-0.2, 0) is 4.74 Å². The van der Waals surface area contributed by atoms with E-state index in [4.69, 9.17) is 14.2 Å². The molecular formula is C21H22N4O3. The van der Waals surface area contributed by atoms with Crippen LogP contribution in [0.25, 0.3) is 11.3 Å². The summed E-state index contributed by atoms with van der Waals surface area (Å²) in [5, 5.41) is 4.00. The predicted octanol–water partition coefficient (Wildman–Crippen LogP) is 3.27. The highest BCUT2D eigenvalue weighted by atomic mass is 16.5. The zero-order chi connectivity index (χ0) is 19.7. The average Bonchev–Trinajstić information content (AvgIpc) is 3.06. The molecule has 1 fully saturated rings. The van der Waals surface area contributed by atoms with E-state index >= 15 is 0 Å². The second-order valence-corrected chi connectivity index (χ2v) is 6.95. The maximum Gasteiger partial charge on any atom is 0.255 e. The smallest absolute Gasteiger partial charge is 0.255 e. The lowest BCUT2D eigenvalue weighted by Crippen LogP contribution is -2.42. The number of carbonyl (C=O) groups is 1. The Morgan fingerprint density at radius 2 is 2.04 bits per heavy atom. The number of aromatic nitrogens is 3. The number of carbonyl (C=O) groups excluding carboxylic acids is 1. The highest BCUT2D eigenvalue weighted by Gasteiger charge is 2.27. The Morgan fingerprint density at radius 1 is 1.18 bits per heavy atom. The number of hydrogen-bond donors (Lipinski definition) is 0. The van der Waals surface area contributed by atoms with Gasteiger partial charge in [0, 0.05) is 18.4 Å². The van der Waals surface area contributed by atoms with Crippen molar-refractivity contribution in [2.75, 3.05) is 19.7 Å². The number of aryl methyl sites for hydroxylation is 3. The molecule has 0 saturated carbocycles. The molecule has 0 spiro atoms. The molecular weight excluding hydrogens is 356 g/mol. The summed E-state index contributed by atoms with van der Waals surface area (Å²) in [5.74, 6) is 0.693. The van der Waals surface area contributed by atoms with E-state index in [2.05, 4.69) is 10.1 Å². The van der Waals surface area contributed by atoms with Crippen molar-refractivity contribution in [2.24, 2.45) is 0 Å². The molecule has 4 rings (SSSR count). The third kappa shape index (κ3) is 3.53. The van der Waals surface area contributed by atoms with E-state index in [1.165, 1.54) is 0 Å². The number of amides is 1. The lowest BCUT2D eigenvalue weighted by molar-refractivity contribution is -0.0246. The van der Waals surface area contributed by atoms with Gasteiger partial charge in [-0.1, -0.05) is 11.2 Å². The molecule has 7 heteroatoms. The first kappa shape index (κ1) is 18.3. The Bertz CT molecular complexity index is 978. The molecule has 1 atom stereocenters. The Balaban J connectivity index is 1.56. The fourth-order valence-corrected chi connectivity index (χ4v) is 3.41. The van der Waals surface area contributed by atoms with Crippen molar-refractivity contribution in [3.63, 3.8) is 0 Å². The van der Waals surface area contributed by atoms with Crippen molar-refractivity contribution >= 4 is 5.91 Å². The lowest BCUT2D eigenvalue weighted by Gasteiger charge is -2.32. The largest absolute Gasteiger partial charge is 0.368 e. The van der Waals surface area contributed by atoms with Gasteiger partial charge in [-0.05, 0) is 45.0 Å². The molecule has 7 nitrogen and oxygen atoms in total. The van der Waals surface area contributed by atoms with Crippen LogP contribution in [0.15, 0.2) is 41.1 Å². The summed E-state index contributed by atoms with van der Waals surface area (Å²) >= 11 is 0. The lowest BCUT2D eigenvalue weighted by atomic mass is 10.1. The summed E-state index contributed by atoms with van der Waals surface area (Å²) in [6, 6.07) is 9.45. The van der Waals surface area contributed by atoms with Gasteiger partial charge in [-0.25, -0.2) is 4.98 Å². The van der Waals surface area contributed by atoms with Crippen molar-refractivity contribution in [3.05, 3.63) is 64.9 Å². The molecule has 0 aliphatic carbocycles. The molecule has 0 unspecified atom stereocenters. The SMILES string of the molecule is Cc1ccc(C(=O)N2CCO[C@@H](c3cccc(-c4c(C)noc4C)n3)C2)cn1. The number of hydrogen-bond acceptors (Lipinski definition) is 6. The normalized spacial score (nSPS) is 17.0. The summed E-state index contributed by atoms with van der Waals surface area (Å²) in [6.45, 7) is 7.13. The molecule has 1 saturated heterocycles. The van der Waals surface area contributed by atoms with Gasteiger partial charge >= 0.3 is 0 Å². The van der Waals surface area contributed by atoms with Gasteiger partial charge in [0.25, 0.3) is 5.91 Å². The monoisotopic (exact) mass is 378 g/mol. The molecule has 1 amide bonds. The number of morpholine rings is 1. The van der Waals surface area contributed by atoms with Crippen molar-refractivity contribution < 1.29 is 14.1 Å². The Hall–Kier alpha value is -3.06. The van der Waals surface area contributed by atoms with Crippen LogP contribution in [0, 0.1) is 20.8 Å². The topological polar surface area (TPSA) is 81.4 Å². The van der Waals surface area contributed by atoms with E-state index in [-0.39, 0.29) is 12.0 Å². The zero-order valence-electron chi connectivity index (χ0n) is 16.2. The Kier molecular flexibility index (Phi) is 4.92. The maximum atomic E-state index is 12.8. The van der Waals surface area contributed by atoms with Crippen LogP contribution in [0.1, 0.15) is 39.3 Å². The molecule has 0 N–H and O–H groups in total. The third-order valence-corrected chi connectivity index (χ3v) is 4.90. The summed E-state index contributed by atoms with van der Waals surface area (Å²) in [4.78, 5) is 23.6. The van der Waals surface area contributed by atoms with Gasteiger partial charge in [-0.15, -0.1) is 0 Å². The van der Waals surface area contributed by atoms with Crippen LogP contribution in [0.4, 0.5) is 0 Å². The first-order valence-electron chi connectivity index (χ1n) is 9.26. The van der Waals surface area contributed by atoms with E-state index in [0.29, 0.717) is 25.3 Å². The molecule has 0 radical (unpaired) electrons. The number of ether oxygens (including phenoxy) is 1. The molecule has 3 aromatic rings. The van der Waals surface area contributed by atoms with Crippen LogP contribution in [0.3, 0.4) is 0 Å². The van der Waals surface area contributed by atoms with Gasteiger partial charge in [0.1, 0.15) is 11.9 Å². The first-order chi connectivity index (χ1) is 13.5. The van der Waals surface area contributed by atoms with Gasteiger partial charge < -0.3 is 14.2 Å². The average molecular weight is 378 g/mol. The molecule has 144 valence electrons. The van der Waals surface area contributed by atoms with Gasteiger partial charge in [0.15, 0.2) is 0 Å². The van der Waals surface area contributed by atoms with Gasteiger partial charge in [0.2, 0.25) is 0 Å². The fourth-order valence-electron chi connectivity index (χ4n) is 3.41. The summed E-state index contributed by atoms with van der Waals surface area (Å²) in [7, 11) is 0. The van der Waals surface area contributed by atoms with E-state index in [1.807, 2.05) is 51.1 Å². The first-order valence-corrected chi connectivity index (χ1v) is 9.26. The predicted molar refractivity (Wildman–Crippen MR) is 103 cm³/mol. The van der Waals surface area contributed by atoms with E-state index in [9.17, 15) is 4.79 Å². The minimum atomic E-state index is -0.281. The maximum absolute atomic E-state index is 12.8. The van der Waals surface area contributed by atoms with Crippen LogP contribution >= 0.6 is 0 Å². The van der Waals surface area contributed by atoms with Crippen LogP contribution in [0.5, 0.6) is 0 Å². The highest BCUT2D eigenvalue weighted by Crippen LogP contribution is 2.28. The van der Waals surface area contributed by atoms with Crippen LogP contribution < -0.4 is 0 Å². The third-order valence-electron chi connectivity index (χ3n) is 4.90. The van der Waals surface area contributed by atoms with E-state index in [1.54, 1.807) is 11.1 Å². The van der Waals surface area contributed by atoms with Crippen molar-refractivity contribution in [2.45, 2.75) is 26.9 Å². The van der Waals surface area contributed by atoms with Gasteiger partial charge in [-0.2, -0.15) is 0 Å². The second kappa shape index (κ2) is 7.52. The molecule has 1 aliphatic heterocycles. The Morgan fingerprint density at radius 3 is 2.75 bits per heavy atom.